The highest BCUT2D eigenvalue weighted by molar-refractivity contribution is 5.12. The molecule has 0 radical (unpaired) electrons. The van der Waals surface area contributed by atoms with Crippen LogP contribution in [0.15, 0.2) is 11.6 Å². The maximum absolute atomic E-state index is 5.77. The Morgan fingerprint density at radius 1 is 1.47 bits per heavy atom. The second kappa shape index (κ2) is 4.26. The first-order chi connectivity index (χ1) is 7.19. The zero-order valence-corrected chi connectivity index (χ0v) is 10.1. The Morgan fingerprint density at radius 2 is 2.27 bits per heavy atom. The van der Waals surface area contributed by atoms with Crippen LogP contribution in [0.1, 0.15) is 39.5 Å². The molecular formula is C13H22O2. The lowest BCUT2D eigenvalue weighted by Gasteiger charge is -2.48. The predicted octanol–water partition coefficient (Wildman–Crippen LogP) is 3.13. The number of hydrogen-bond donors (Lipinski definition) is 0. The fourth-order valence-corrected chi connectivity index (χ4v) is 3.20. The van der Waals surface area contributed by atoms with Crippen LogP contribution in [-0.4, -0.2) is 20.0 Å². The van der Waals surface area contributed by atoms with E-state index in [2.05, 4.69) is 19.9 Å². The zero-order valence-electron chi connectivity index (χ0n) is 10.1. The van der Waals surface area contributed by atoms with Crippen molar-refractivity contribution in [3.63, 3.8) is 0 Å². The SMILES string of the molecule is CO[C@@H]1OCCC[C@@]12CCC(C)=C[C@H]2C. The summed E-state index contributed by atoms with van der Waals surface area (Å²) in [7, 11) is 1.77. The maximum atomic E-state index is 5.77. The molecule has 0 aromatic rings. The van der Waals surface area contributed by atoms with Gasteiger partial charge in [0.25, 0.3) is 0 Å². The minimum atomic E-state index is 0.00519. The Balaban J connectivity index is 2.23. The van der Waals surface area contributed by atoms with Crippen molar-refractivity contribution in [2.24, 2.45) is 11.3 Å². The van der Waals surface area contributed by atoms with Gasteiger partial charge in [0, 0.05) is 19.1 Å². The monoisotopic (exact) mass is 210 g/mol. The van der Waals surface area contributed by atoms with E-state index < -0.39 is 0 Å². The van der Waals surface area contributed by atoms with Gasteiger partial charge in [-0.25, -0.2) is 0 Å². The summed E-state index contributed by atoms with van der Waals surface area (Å²) < 4.78 is 11.3. The summed E-state index contributed by atoms with van der Waals surface area (Å²) in [5.74, 6) is 0.580. The van der Waals surface area contributed by atoms with E-state index in [4.69, 9.17) is 9.47 Å². The molecule has 86 valence electrons. The van der Waals surface area contributed by atoms with Gasteiger partial charge in [-0.15, -0.1) is 0 Å². The molecule has 0 bridgehead atoms. The number of hydrogen-bond acceptors (Lipinski definition) is 2. The highest BCUT2D eigenvalue weighted by atomic mass is 16.7. The smallest absolute Gasteiger partial charge is 0.163 e. The van der Waals surface area contributed by atoms with Gasteiger partial charge in [0.1, 0.15) is 0 Å². The van der Waals surface area contributed by atoms with Gasteiger partial charge >= 0.3 is 0 Å². The lowest BCUT2D eigenvalue weighted by atomic mass is 9.64. The summed E-state index contributed by atoms with van der Waals surface area (Å²) in [6.45, 7) is 5.40. The van der Waals surface area contributed by atoms with E-state index in [0.717, 1.165) is 6.61 Å². The van der Waals surface area contributed by atoms with Crippen LogP contribution in [0, 0.1) is 11.3 Å². The molecule has 0 aromatic carbocycles. The molecule has 0 saturated carbocycles. The summed E-state index contributed by atoms with van der Waals surface area (Å²) in [6, 6.07) is 0. The van der Waals surface area contributed by atoms with Crippen LogP contribution in [0.3, 0.4) is 0 Å². The van der Waals surface area contributed by atoms with Gasteiger partial charge in [-0.3, -0.25) is 0 Å². The lowest BCUT2D eigenvalue weighted by molar-refractivity contribution is -0.233. The molecule has 2 heteroatoms. The van der Waals surface area contributed by atoms with Crippen LogP contribution in [0.2, 0.25) is 0 Å². The third-order valence-electron chi connectivity index (χ3n) is 4.17. The standard InChI is InChI=1S/C13H22O2/c1-10-5-7-13(11(2)9-10)6-4-8-15-12(13)14-3/h9,11-12H,4-8H2,1-3H3/t11-,12-,13+/m1/s1. The zero-order chi connectivity index (χ0) is 10.9. The van der Waals surface area contributed by atoms with Crippen molar-refractivity contribution >= 4 is 0 Å². The molecule has 2 rings (SSSR count). The molecule has 1 heterocycles. The van der Waals surface area contributed by atoms with Crippen molar-refractivity contribution in [3.8, 4) is 0 Å². The first-order valence-corrected chi connectivity index (χ1v) is 6.01. The van der Waals surface area contributed by atoms with Crippen LogP contribution < -0.4 is 0 Å². The molecule has 0 N–H and O–H groups in total. The molecule has 0 unspecified atom stereocenters. The molecule has 3 atom stereocenters. The number of methoxy groups -OCH3 is 1. The second-order valence-corrected chi connectivity index (χ2v) is 5.08. The van der Waals surface area contributed by atoms with Crippen molar-refractivity contribution in [2.45, 2.75) is 45.8 Å². The first-order valence-electron chi connectivity index (χ1n) is 6.01. The topological polar surface area (TPSA) is 18.5 Å². The quantitative estimate of drug-likeness (QED) is 0.619. The van der Waals surface area contributed by atoms with Crippen LogP contribution >= 0.6 is 0 Å². The van der Waals surface area contributed by atoms with Gasteiger partial charge in [-0.2, -0.15) is 0 Å². The summed E-state index contributed by atoms with van der Waals surface area (Å²) in [5, 5.41) is 0. The van der Waals surface area contributed by atoms with E-state index in [1.165, 1.54) is 31.3 Å². The van der Waals surface area contributed by atoms with E-state index in [1.54, 1.807) is 7.11 Å². The highest BCUT2D eigenvalue weighted by Gasteiger charge is 2.46. The molecule has 0 amide bonds. The fourth-order valence-electron chi connectivity index (χ4n) is 3.20. The van der Waals surface area contributed by atoms with Crippen molar-refractivity contribution in [1.82, 2.24) is 0 Å². The molecular weight excluding hydrogens is 188 g/mol. The van der Waals surface area contributed by atoms with Crippen LogP contribution in [0.25, 0.3) is 0 Å². The minimum Gasteiger partial charge on any atom is -0.355 e. The average Bonchev–Trinajstić information content (AvgIpc) is 2.25. The third-order valence-corrected chi connectivity index (χ3v) is 4.17. The van der Waals surface area contributed by atoms with Gasteiger partial charge in [0.05, 0.1) is 0 Å². The normalized spacial score (nSPS) is 41.7. The maximum Gasteiger partial charge on any atom is 0.163 e. The van der Waals surface area contributed by atoms with E-state index in [-0.39, 0.29) is 11.7 Å². The van der Waals surface area contributed by atoms with Crippen molar-refractivity contribution in [1.29, 1.82) is 0 Å². The molecule has 1 aliphatic heterocycles. The first kappa shape index (κ1) is 11.2. The van der Waals surface area contributed by atoms with E-state index in [0.29, 0.717) is 5.92 Å². The van der Waals surface area contributed by atoms with E-state index in [1.807, 2.05) is 0 Å². The summed E-state index contributed by atoms with van der Waals surface area (Å²) >= 11 is 0. The lowest BCUT2D eigenvalue weighted by Crippen LogP contribution is -2.47. The Kier molecular flexibility index (Phi) is 3.17. The van der Waals surface area contributed by atoms with Crippen molar-refractivity contribution < 1.29 is 9.47 Å². The number of allylic oxidation sites excluding steroid dienone is 2. The Labute approximate surface area is 92.6 Å². The van der Waals surface area contributed by atoms with Crippen molar-refractivity contribution in [3.05, 3.63) is 11.6 Å². The third kappa shape index (κ3) is 1.85. The van der Waals surface area contributed by atoms with Gasteiger partial charge in [0.2, 0.25) is 0 Å². The van der Waals surface area contributed by atoms with Gasteiger partial charge in [0.15, 0.2) is 6.29 Å². The van der Waals surface area contributed by atoms with Gasteiger partial charge in [-0.05, 0) is 38.5 Å². The molecule has 1 saturated heterocycles. The van der Waals surface area contributed by atoms with Crippen molar-refractivity contribution in [2.75, 3.05) is 13.7 Å². The van der Waals surface area contributed by atoms with E-state index in [9.17, 15) is 0 Å². The van der Waals surface area contributed by atoms with Gasteiger partial charge < -0.3 is 9.47 Å². The molecule has 2 nitrogen and oxygen atoms in total. The molecule has 1 spiro atoms. The molecule has 2 aliphatic rings. The number of rotatable bonds is 1. The molecule has 15 heavy (non-hydrogen) atoms. The highest BCUT2D eigenvalue weighted by Crippen LogP contribution is 2.49. The van der Waals surface area contributed by atoms with E-state index >= 15 is 0 Å². The largest absolute Gasteiger partial charge is 0.355 e. The predicted molar refractivity (Wildman–Crippen MR) is 60.6 cm³/mol. The average molecular weight is 210 g/mol. The summed E-state index contributed by atoms with van der Waals surface area (Å²) in [6.07, 6.45) is 7.26. The Hall–Kier alpha value is -0.340. The second-order valence-electron chi connectivity index (χ2n) is 5.08. The summed E-state index contributed by atoms with van der Waals surface area (Å²) in [5.41, 5.74) is 1.76. The molecule has 1 aliphatic carbocycles. The van der Waals surface area contributed by atoms with Gasteiger partial charge in [-0.1, -0.05) is 18.6 Å². The Morgan fingerprint density at radius 3 is 2.93 bits per heavy atom. The summed E-state index contributed by atoms with van der Waals surface area (Å²) in [4.78, 5) is 0. The molecule has 0 aromatic heterocycles. The molecule has 1 fully saturated rings. The number of ether oxygens (including phenoxy) is 2. The minimum absolute atomic E-state index is 0.00519. The Bertz CT molecular complexity index is 259. The van der Waals surface area contributed by atoms with Crippen LogP contribution in [0.5, 0.6) is 0 Å². The van der Waals surface area contributed by atoms with Crippen LogP contribution in [0.4, 0.5) is 0 Å². The van der Waals surface area contributed by atoms with Crippen LogP contribution in [-0.2, 0) is 9.47 Å². The fraction of sp³-hybridized carbons (Fsp3) is 0.846.